The molecule has 0 bridgehead atoms. The Morgan fingerprint density at radius 2 is 2.19 bits per heavy atom. The number of carbonyl (C=O) groups excluding carboxylic acids is 1. The molecule has 0 spiro atoms. The van der Waals surface area contributed by atoms with Crippen molar-refractivity contribution in [3.63, 3.8) is 0 Å². The van der Waals surface area contributed by atoms with Gasteiger partial charge in [0, 0.05) is 17.5 Å². The normalized spacial score (nSPS) is 22.9. The Morgan fingerprint density at radius 1 is 1.50 bits per heavy atom. The number of rotatable bonds is 4. The van der Waals surface area contributed by atoms with Gasteiger partial charge in [0.1, 0.15) is 0 Å². The monoisotopic (exact) mass is 237 g/mol. The SMILES string of the molecule is C[C@H]1C[C@@H]1C(=O)NCCc1ccccc1Cl. The molecule has 0 saturated heterocycles. The van der Waals surface area contributed by atoms with E-state index in [-0.39, 0.29) is 11.8 Å². The molecule has 16 heavy (non-hydrogen) atoms. The first-order chi connectivity index (χ1) is 7.68. The number of benzene rings is 1. The summed E-state index contributed by atoms with van der Waals surface area (Å²) in [5.74, 6) is 1.02. The molecule has 0 aliphatic heterocycles. The van der Waals surface area contributed by atoms with Crippen molar-refractivity contribution in [2.24, 2.45) is 11.8 Å². The van der Waals surface area contributed by atoms with Gasteiger partial charge in [-0.2, -0.15) is 0 Å². The molecule has 1 N–H and O–H groups in total. The molecule has 0 aromatic heterocycles. The van der Waals surface area contributed by atoms with E-state index in [4.69, 9.17) is 11.6 Å². The molecule has 0 radical (unpaired) electrons. The minimum atomic E-state index is 0.194. The second-order valence-electron chi connectivity index (χ2n) is 4.45. The zero-order valence-electron chi connectivity index (χ0n) is 9.37. The van der Waals surface area contributed by atoms with Gasteiger partial charge in [0.2, 0.25) is 5.91 Å². The van der Waals surface area contributed by atoms with Crippen LogP contribution in [0.2, 0.25) is 5.02 Å². The van der Waals surface area contributed by atoms with Gasteiger partial charge in [-0.3, -0.25) is 4.79 Å². The summed E-state index contributed by atoms with van der Waals surface area (Å²) >= 11 is 6.02. The largest absolute Gasteiger partial charge is 0.356 e. The van der Waals surface area contributed by atoms with Crippen molar-refractivity contribution in [2.75, 3.05) is 6.54 Å². The lowest BCUT2D eigenvalue weighted by Crippen LogP contribution is -2.27. The Bertz CT molecular complexity index is 391. The molecule has 1 amide bonds. The lowest BCUT2D eigenvalue weighted by atomic mass is 10.1. The maximum atomic E-state index is 11.5. The lowest BCUT2D eigenvalue weighted by molar-refractivity contribution is -0.122. The Kier molecular flexibility index (Phi) is 3.49. The number of nitrogens with one attached hydrogen (secondary N) is 1. The molecular weight excluding hydrogens is 222 g/mol. The van der Waals surface area contributed by atoms with E-state index in [9.17, 15) is 4.79 Å². The van der Waals surface area contributed by atoms with Crippen LogP contribution in [0, 0.1) is 11.8 Å². The van der Waals surface area contributed by atoms with Crippen LogP contribution in [0.4, 0.5) is 0 Å². The molecule has 0 heterocycles. The van der Waals surface area contributed by atoms with Crippen LogP contribution in [0.1, 0.15) is 18.9 Å². The third-order valence-corrected chi connectivity index (χ3v) is 3.47. The molecule has 1 aliphatic carbocycles. The Balaban J connectivity index is 1.76. The molecule has 86 valence electrons. The molecule has 2 nitrogen and oxygen atoms in total. The average Bonchev–Trinajstić information content (AvgIpc) is 2.98. The van der Waals surface area contributed by atoms with Crippen LogP contribution in [0.3, 0.4) is 0 Å². The van der Waals surface area contributed by atoms with Crippen molar-refractivity contribution in [2.45, 2.75) is 19.8 Å². The van der Waals surface area contributed by atoms with Crippen molar-refractivity contribution in [3.8, 4) is 0 Å². The molecule has 3 heteroatoms. The fraction of sp³-hybridized carbons (Fsp3) is 0.462. The average molecular weight is 238 g/mol. The molecule has 2 atom stereocenters. The fourth-order valence-corrected chi connectivity index (χ4v) is 2.07. The van der Waals surface area contributed by atoms with Gasteiger partial charge >= 0.3 is 0 Å². The van der Waals surface area contributed by atoms with Gasteiger partial charge in [0.25, 0.3) is 0 Å². The number of hydrogen-bond donors (Lipinski definition) is 1. The van der Waals surface area contributed by atoms with Gasteiger partial charge in [-0.25, -0.2) is 0 Å². The predicted octanol–water partition coefficient (Wildman–Crippen LogP) is 2.65. The van der Waals surface area contributed by atoms with Crippen LogP contribution in [0.15, 0.2) is 24.3 Å². The van der Waals surface area contributed by atoms with Crippen molar-refractivity contribution >= 4 is 17.5 Å². The zero-order valence-corrected chi connectivity index (χ0v) is 10.1. The van der Waals surface area contributed by atoms with E-state index in [0.29, 0.717) is 12.5 Å². The minimum Gasteiger partial charge on any atom is -0.356 e. The van der Waals surface area contributed by atoms with Crippen LogP contribution >= 0.6 is 11.6 Å². The van der Waals surface area contributed by atoms with E-state index in [1.807, 2.05) is 24.3 Å². The summed E-state index contributed by atoms with van der Waals surface area (Å²) in [6, 6.07) is 7.75. The number of amides is 1. The smallest absolute Gasteiger partial charge is 0.223 e. The highest BCUT2D eigenvalue weighted by molar-refractivity contribution is 6.31. The Hall–Kier alpha value is -1.02. The first-order valence-electron chi connectivity index (χ1n) is 5.69. The van der Waals surface area contributed by atoms with Crippen molar-refractivity contribution < 1.29 is 4.79 Å². The topological polar surface area (TPSA) is 29.1 Å². The quantitative estimate of drug-likeness (QED) is 0.857. The lowest BCUT2D eigenvalue weighted by Gasteiger charge is -2.06. The Morgan fingerprint density at radius 3 is 2.81 bits per heavy atom. The van der Waals surface area contributed by atoms with Crippen LogP contribution in [0.5, 0.6) is 0 Å². The van der Waals surface area contributed by atoms with Crippen molar-refractivity contribution in [1.29, 1.82) is 0 Å². The highest BCUT2D eigenvalue weighted by atomic mass is 35.5. The highest BCUT2D eigenvalue weighted by Crippen LogP contribution is 2.37. The van der Waals surface area contributed by atoms with E-state index >= 15 is 0 Å². The zero-order chi connectivity index (χ0) is 11.5. The summed E-state index contributed by atoms with van der Waals surface area (Å²) in [6.07, 6.45) is 1.84. The summed E-state index contributed by atoms with van der Waals surface area (Å²) < 4.78 is 0. The summed E-state index contributed by atoms with van der Waals surface area (Å²) in [6.45, 7) is 2.78. The number of halogens is 1. The maximum Gasteiger partial charge on any atom is 0.223 e. The number of hydrogen-bond acceptors (Lipinski definition) is 1. The Labute approximate surface area is 101 Å². The maximum absolute atomic E-state index is 11.5. The minimum absolute atomic E-state index is 0.194. The molecule has 1 aliphatic rings. The third-order valence-electron chi connectivity index (χ3n) is 3.10. The van der Waals surface area contributed by atoms with Gasteiger partial charge in [0.15, 0.2) is 0 Å². The van der Waals surface area contributed by atoms with Gasteiger partial charge < -0.3 is 5.32 Å². The summed E-state index contributed by atoms with van der Waals surface area (Å²) in [7, 11) is 0. The van der Waals surface area contributed by atoms with E-state index in [2.05, 4.69) is 12.2 Å². The fourth-order valence-electron chi connectivity index (χ4n) is 1.84. The van der Waals surface area contributed by atoms with Gasteiger partial charge in [-0.1, -0.05) is 36.7 Å². The summed E-state index contributed by atoms with van der Waals surface area (Å²) in [4.78, 5) is 11.5. The number of carbonyl (C=O) groups is 1. The van der Waals surface area contributed by atoms with Crippen LogP contribution < -0.4 is 5.32 Å². The molecule has 1 aromatic rings. The van der Waals surface area contributed by atoms with E-state index in [1.54, 1.807) is 0 Å². The second kappa shape index (κ2) is 4.88. The molecule has 1 saturated carbocycles. The van der Waals surface area contributed by atoms with Crippen LogP contribution in [-0.2, 0) is 11.2 Å². The molecular formula is C13H16ClNO. The van der Waals surface area contributed by atoms with E-state index in [1.165, 1.54) is 0 Å². The second-order valence-corrected chi connectivity index (χ2v) is 4.86. The van der Waals surface area contributed by atoms with Crippen molar-refractivity contribution in [1.82, 2.24) is 5.32 Å². The van der Waals surface area contributed by atoms with Gasteiger partial charge in [-0.05, 0) is 30.4 Å². The predicted molar refractivity (Wildman–Crippen MR) is 65.4 cm³/mol. The van der Waals surface area contributed by atoms with Gasteiger partial charge in [0.05, 0.1) is 0 Å². The first kappa shape index (κ1) is 11.5. The van der Waals surface area contributed by atoms with Crippen molar-refractivity contribution in [3.05, 3.63) is 34.9 Å². The molecule has 2 rings (SSSR count). The molecule has 1 fully saturated rings. The van der Waals surface area contributed by atoms with Crippen LogP contribution in [0.25, 0.3) is 0 Å². The highest BCUT2D eigenvalue weighted by Gasteiger charge is 2.38. The van der Waals surface area contributed by atoms with Crippen LogP contribution in [-0.4, -0.2) is 12.5 Å². The molecule has 0 unspecified atom stereocenters. The summed E-state index contributed by atoms with van der Waals surface area (Å²) in [5.41, 5.74) is 1.09. The third kappa shape index (κ3) is 2.76. The summed E-state index contributed by atoms with van der Waals surface area (Å²) in [5, 5.41) is 3.73. The standard InChI is InChI=1S/C13H16ClNO/c1-9-8-11(9)13(16)15-7-6-10-4-2-3-5-12(10)14/h2-5,9,11H,6-8H2,1H3,(H,15,16)/t9-,11-/m0/s1. The van der Waals surface area contributed by atoms with Gasteiger partial charge in [-0.15, -0.1) is 0 Å². The van der Waals surface area contributed by atoms with E-state index in [0.717, 1.165) is 23.4 Å². The first-order valence-corrected chi connectivity index (χ1v) is 6.07. The molecule has 1 aromatic carbocycles. The van der Waals surface area contributed by atoms with E-state index < -0.39 is 0 Å².